The van der Waals surface area contributed by atoms with Crippen molar-refractivity contribution < 1.29 is 28.6 Å². The van der Waals surface area contributed by atoms with Crippen LogP contribution in [0.5, 0.6) is 11.5 Å². The molecule has 0 spiro atoms. The monoisotopic (exact) mass is 434 g/mol. The van der Waals surface area contributed by atoms with Gasteiger partial charge in [0.05, 0.1) is 0 Å². The molecule has 0 saturated carbocycles. The molecule has 6 N–H and O–H groups in total. The largest absolute Gasteiger partial charge is 0.504 e. The van der Waals surface area contributed by atoms with Crippen LogP contribution in [0.15, 0.2) is 57.4 Å². The second-order valence-corrected chi connectivity index (χ2v) is 6.88. The molecule has 2 amide bonds. The van der Waals surface area contributed by atoms with Gasteiger partial charge in [0.2, 0.25) is 11.1 Å². The van der Waals surface area contributed by atoms with E-state index in [2.05, 4.69) is 10.6 Å². The zero-order chi connectivity index (χ0) is 22.8. The van der Waals surface area contributed by atoms with Gasteiger partial charge in [0, 0.05) is 23.9 Å². The Kier molecular flexibility index (Phi) is 5.34. The van der Waals surface area contributed by atoms with Gasteiger partial charge in [0.1, 0.15) is 11.1 Å². The summed E-state index contributed by atoms with van der Waals surface area (Å²) in [5.74, 6) is -1.41. The van der Waals surface area contributed by atoms with Gasteiger partial charge in [-0.3, -0.25) is 20.4 Å². The summed E-state index contributed by atoms with van der Waals surface area (Å²) in [6.45, 7) is 0.113. The van der Waals surface area contributed by atoms with Crippen LogP contribution in [0, 0.1) is 10.8 Å². The van der Waals surface area contributed by atoms with E-state index in [0.29, 0.717) is 10.8 Å². The van der Waals surface area contributed by atoms with Crippen molar-refractivity contribution in [2.75, 3.05) is 13.1 Å². The maximum atomic E-state index is 12.4. The third kappa shape index (κ3) is 3.88. The predicted octanol–water partition coefficient (Wildman–Crippen LogP) is 1.71. The number of phenols is 2. The highest BCUT2D eigenvalue weighted by Crippen LogP contribution is 2.24. The summed E-state index contributed by atoms with van der Waals surface area (Å²) in [4.78, 5) is 24.8. The lowest BCUT2D eigenvalue weighted by atomic mass is 10.1. The molecule has 4 aromatic rings. The van der Waals surface area contributed by atoms with Crippen LogP contribution < -0.4 is 21.7 Å². The van der Waals surface area contributed by atoms with Gasteiger partial charge in [-0.05, 0) is 24.3 Å². The van der Waals surface area contributed by atoms with E-state index in [1.165, 1.54) is 24.3 Å². The topological polar surface area (TPSA) is 173 Å². The van der Waals surface area contributed by atoms with Gasteiger partial charge in [0.25, 0.3) is 11.8 Å². The van der Waals surface area contributed by atoms with Crippen LogP contribution in [0.25, 0.3) is 21.9 Å². The summed E-state index contributed by atoms with van der Waals surface area (Å²) in [6.07, 6.45) is 0. The van der Waals surface area contributed by atoms with E-state index in [1.807, 2.05) is 0 Å². The number of rotatable bonds is 5. The van der Waals surface area contributed by atoms with E-state index in [0.717, 1.165) is 0 Å². The molecule has 4 rings (SSSR count). The maximum absolute atomic E-state index is 12.4. The normalized spacial score (nSPS) is 10.9. The van der Waals surface area contributed by atoms with Crippen molar-refractivity contribution in [3.05, 3.63) is 70.8 Å². The molecule has 2 aromatic carbocycles. The quantitative estimate of drug-likeness (QED) is 0.261. The Hall–Kier alpha value is -4.60. The minimum absolute atomic E-state index is 0.0176. The molecule has 0 fully saturated rings. The fourth-order valence-corrected chi connectivity index (χ4v) is 3.17. The lowest BCUT2D eigenvalue weighted by Crippen LogP contribution is -2.37. The molecule has 0 unspecified atom stereocenters. The number of hydrogen-bond acceptors (Lipinski definition) is 8. The average molecular weight is 434 g/mol. The second-order valence-electron chi connectivity index (χ2n) is 6.88. The van der Waals surface area contributed by atoms with E-state index in [9.17, 15) is 19.8 Å². The molecule has 0 saturated heterocycles. The Balaban J connectivity index is 1.40. The van der Waals surface area contributed by atoms with E-state index in [-0.39, 0.29) is 46.9 Å². The Bertz CT molecular complexity index is 1370. The van der Waals surface area contributed by atoms with Crippen molar-refractivity contribution >= 4 is 33.8 Å². The van der Waals surface area contributed by atoms with Gasteiger partial charge in [-0.2, -0.15) is 0 Å². The summed E-state index contributed by atoms with van der Waals surface area (Å²) in [7, 11) is 0. The molecule has 2 heterocycles. The minimum Gasteiger partial charge on any atom is -0.504 e. The van der Waals surface area contributed by atoms with Gasteiger partial charge in [-0.25, -0.2) is 0 Å². The molecule has 32 heavy (non-hydrogen) atoms. The smallest absolute Gasteiger partial charge is 0.256 e. The van der Waals surface area contributed by atoms with Crippen LogP contribution in [0.3, 0.4) is 0 Å². The van der Waals surface area contributed by atoms with E-state index in [1.54, 1.807) is 24.3 Å². The van der Waals surface area contributed by atoms with Crippen molar-refractivity contribution in [1.29, 1.82) is 10.8 Å². The first-order valence-electron chi connectivity index (χ1n) is 9.52. The number of nitrogens with one attached hydrogen (secondary N) is 4. The number of fused-ring (bicyclic) bond motifs is 2. The molecular formula is C22H18N4O6. The lowest BCUT2D eigenvalue weighted by Gasteiger charge is -2.09. The van der Waals surface area contributed by atoms with Gasteiger partial charge in [0.15, 0.2) is 22.7 Å². The van der Waals surface area contributed by atoms with Gasteiger partial charge in [-0.15, -0.1) is 0 Å². The SMILES string of the molecule is N=c1oc2c(O)cccc2cc1C(=O)NCCNC(=O)c1cc2cccc(O)c2oc1=N. The van der Waals surface area contributed by atoms with Crippen LogP contribution in [-0.4, -0.2) is 35.1 Å². The highest BCUT2D eigenvalue weighted by Gasteiger charge is 2.15. The lowest BCUT2D eigenvalue weighted by molar-refractivity contribution is 0.0923. The van der Waals surface area contributed by atoms with Crippen LogP contribution in [0.2, 0.25) is 0 Å². The first-order valence-corrected chi connectivity index (χ1v) is 9.52. The standard InChI is InChI=1S/C22H18N4O6/c23-19-13(9-11-3-1-5-15(27)17(11)31-19)21(29)25-7-8-26-22(30)14-10-12-4-2-6-16(28)18(12)32-20(14)24/h1-6,9-10,23-24,27-28H,7-8H2,(H,25,29)(H,26,30). The average Bonchev–Trinajstić information content (AvgIpc) is 2.77. The summed E-state index contributed by atoms with van der Waals surface area (Å²) in [5, 5.41) is 41.4. The van der Waals surface area contributed by atoms with E-state index in [4.69, 9.17) is 19.7 Å². The van der Waals surface area contributed by atoms with Crippen molar-refractivity contribution in [3.63, 3.8) is 0 Å². The zero-order valence-electron chi connectivity index (χ0n) is 16.6. The molecule has 10 nitrogen and oxygen atoms in total. The Morgan fingerprint density at radius 3 is 1.56 bits per heavy atom. The van der Waals surface area contributed by atoms with Crippen LogP contribution in [0.1, 0.15) is 20.7 Å². The Morgan fingerprint density at radius 1 is 0.750 bits per heavy atom. The molecule has 0 aliphatic carbocycles. The fraction of sp³-hybridized carbons (Fsp3) is 0.0909. The van der Waals surface area contributed by atoms with Crippen LogP contribution in [-0.2, 0) is 0 Å². The summed E-state index contributed by atoms with van der Waals surface area (Å²) < 4.78 is 10.5. The molecule has 0 bridgehead atoms. The number of amides is 2. The molecule has 0 radical (unpaired) electrons. The Labute approximate surface area is 179 Å². The van der Waals surface area contributed by atoms with Gasteiger partial charge < -0.3 is 29.7 Å². The minimum atomic E-state index is -0.574. The van der Waals surface area contributed by atoms with E-state index >= 15 is 0 Å². The van der Waals surface area contributed by atoms with Crippen LogP contribution in [0.4, 0.5) is 0 Å². The maximum Gasteiger partial charge on any atom is 0.256 e. The second kappa shape index (κ2) is 8.26. The third-order valence-corrected chi connectivity index (χ3v) is 4.73. The molecule has 10 heteroatoms. The predicted molar refractivity (Wildman–Crippen MR) is 112 cm³/mol. The number of benzene rings is 2. The highest BCUT2D eigenvalue weighted by atomic mass is 16.4. The number of hydrogen-bond donors (Lipinski definition) is 6. The fourth-order valence-electron chi connectivity index (χ4n) is 3.17. The van der Waals surface area contributed by atoms with Crippen LogP contribution >= 0.6 is 0 Å². The molecule has 0 atom stereocenters. The van der Waals surface area contributed by atoms with Crippen molar-refractivity contribution in [1.82, 2.24) is 10.6 Å². The summed E-state index contributed by atoms with van der Waals surface area (Å²) >= 11 is 0. The van der Waals surface area contributed by atoms with Gasteiger partial charge in [-0.1, -0.05) is 24.3 Å². The zero-order valence-corrected chi connectivity index (χ0v) is 16.6. The van der Waals surface area contributed by atoms with E-state index < -0.39 is 22.9 Å². The number of carbonyl (C=O) groups excluding carboxylic acids is 2. The number of para-hydroxylation sites is 2. The first kappa shape index (κ1) is 20.7. The summed E-state index contributed by atoms with van der Waals surface area (Å²) in [6, 6.07) is 12.2. The van der Waals surface area contributed by atoms with Crippen molar-refractivity contribution in [2.45, 2.75) is 0 Å². The Morgan fingerprint density at radius 2 is 1.16 bits per heavy atom. The van der Waals surface area contributed by atoms with Gasteiger partial charge >= 0.3 is 0 Å². The molecule has 2 aromatic heterocycles. The van der Waals surface area contributed by atoms with Crippen molar-refractivity contribution in [3.8, 4) is 11.5 Å². The third-order valence-electron chi connectivity index (χ3n) is 4.73. The summed E-state index contributed by atoms with van der Waals surface area (Å²) in [5.41, 5.74) is -0.615. The first-order chi connectivity index (χ1) is 15.3. The molecular weight excluding hydrogens is 416 g/mol. The number of carbonyl (C=O) groups is 2. The number of aromatic hydroxyl groups is 2. The highest BCUT2D eigenvalue weighted by molar-refractivity contribution is 5.98. The number of phenolic OH excluding ortho intramolecular Hbond substituents is 2. The molecule has 162 valence electrons. The molecule has 0 aliphatic heterocycles. The van der Waals surface area contributed by atoms with Crippen molar-refractivity contribution in [2.24, 2.45) is 0 Å². The molecule has 0 aliphatic rings.